The average Bonchev–Trinajstić information content (AvgIpc) is 3.30. The number of carbonyl (C=O) groups excluding carboxylic acids is 2. The van der Waals surface area contributed by atoms with E-state index in [9.17, 15) is 9.59 Å². The molecule has 0 spiro atoms. The highest BCUT2D eigenvalue weighted by atomic mass is 16.6. The highest BCUT2D eigenvalue weighted by molar-refractivity contribution is 5.70. The van der Waals surface area contributed by atoms with E-state index in [1.54, 1.807) is 0 Å². The monoisotopic (exact) mass is 881 g/mol. The Kier molecular flexibility index (Phi) is 49.6. The molecule has 0 aliphatic heterocycles. The molecule has 0 aliphatic rings. The lowest BCUT2D eigenvalue weighted by atomic mass is 10.1. The van der Waals surface area contributed by atoms with Gasteiger partial charge in [-0.25, -0.2) is 0 Å². The second-order valence-electron chi connectivity index (χ2n) is 15.9. The van der Waals surface area contributed by atoms with Crippen molar-refractivity contribution in [1.82, 2.24) is 0 Å². The van der Waals surface area contributed by atoms with Gasteiger partial charge in [-0.3, -0.25) is 9.59 Å². The first-order valence-corrected chi connectivity index (χ1v) is 25.4. The number of esters is 2. The minimum Gasteiger partial charge on any atom is -0.462 e. The molecule has 0 rings (SSSR count). The van der Waals surface area contributed by atoms with Gasteiger partial charge in [0.1, 0.15) is 6.61 Å². The summed E-state index contributed by atoms with van der Waals surface area (Å²) < 4.78 is 17.2. The molecule has 358 valence electrons. The van der Waals surface area contributed by atoms with Crippen molar-refractivity contribution in [3.63, 3.8) is 0 Å². The van der Waals surface area contributed by atoms with Crippen molar-refractivity contribution in [2.45, 2.75) is 194 Å². The van der Waals surface area contributed by atoms with Crippen molar-refractivity contribution in [1.29, 1.82) is 0 Å². The molecular weight excluding hydrogens is 789 g/mol. The lowest BCUT2D eigenvalue weighted by molar-refractivity contribution is -0.162. The van der Waals surface area contributed by atoms with E-state index in [-0.39, 0.29) is 31.6 Å². The van der Waals surface area contributed by atoms with Gasteiger partial charge in [0.2, 0.25) is 0 Å². The van der Waals surface area contributed by atoms with Crippen LogP contribution in [0.4, 0.5) is 0 Å². The summed E-state index contributed by atoms with van der Waals surface area (Å²) in [5.74, 6) is -0.554. The first-order chi connectivity index (χ1) is 31.6. The molecular formula is C59H92O5. The van der Waals surface area contributed by atoms with Crippen LogP contribution in [0.1, 0.15) is 188 Å². The summed E-state index contributed by atoms with van der Waals surface area (Å²) in [6.45, 7) is 7.31. The van der Waals surface area contributed by atoms with Crippen LogP contribution >= 0.6 is 0 Å². The number of hydrogen-bond acceptors (Lipinski definition) is 5. The lowest BCUT2D eigenvalue weighted by Gasteiger charge is -2.18. The summed E-state index contributed by atoms with van der Waals surface area (Å²) >= 11 is 0. The molecule has 0 radical (unpaired) electrons. The smallest absolute Gasteiger partial charge is 0.306 e. The van der Waals surface area contributed by atoms with Crippen molar-refractivity contribution in [3.05, 3.63) is 146 Å². The first-order valence-electron chi connectivity index (χ1n) is 25.4. The maximum absolute atomic E-state index is 12.8. The Hall–Kier alpha value is -4.22. The van der Waals surface area contributed by atoms with Crippen molar-refractivity contribution in [3.8, 4) is 0 Å². The second-order valence-corrected chi connectivity index (χ2v) is 15.9. The third-order valence-corrected chi connectivity index (χ3v) is 9.85. The zero-order valence-corrected chi connectivity index (χ0v) is 41.0. The molecule has 0 saturated carbocycles. The second kappa shape index (κ2) is 53.1. The summed E-state index contributed by atoms with van der Waals surface area (Å²) in [6, 6.07) is 0. The lowest BCUT2D eigenvalue weighted by Crippen LogP contribution is -2.30. The molecule has 0 saturated heterocycles. The van der Waals surface area contributed by atoms with Crippen molar-refractivity contribution in [2.24, 2.45) is 0 Å². The van der Waals surface area contributed by atoms with Crippen molar-refractivity contribution < 1.29 is 23.8 Å². The molecule has 0 heterocycles. The number of ether oxygens (including phenoxy) is 3. The third kappa shape index (κ3) is 50.4. The Morgan fingerprint density at radius 3 is 1.19 bits per heavy atom. The fraction of sp³-hybridized carbons (Fsp3) is 0.559. The molecule has 0 aromatic rings. The summed E-state index contributed by atoms with van der Waals surface area (Å²) in [5, 5.41) is 0. The Morgan fingerprint density at radius 2 is 0.734 bits per heavy atom. The van der Waals surface area contributed by atoms with Gasteiger partial charge < -0.3 is 14.2 Å². The molecule has 5 nitrogen and oxygen atoms in total. The molecule has 0 N–H and O–H groups in total. The molecule has 5 heteroatoms. The van der Waals surface area contributed by atoms with Crippen molar-refractivity contribution in [2.75, 3.05) is 19.8 Å². The standard InChI is InChI=1S/C59H92O5/c1-4-7-10-13-16-19-22-25-28-29-30-31-33-34-37-40-43-46-49-52-58(60)63-56-57(55-62-54-51-48-45-42-39-36-27-24-21-18-15-12-9-6-3)64-59(61)53-50-47-44-41-38-35-32-26-23-20-17-14-11-8-5-2/h7,9-10,12,16-21,25-28,30-32,34,36-37,42-43,45-46,57H,4-6,8,11,13-15,22-24,29,33,35,38-41,44,47-56H2,1-3H3/b10-7-,12-9-,19-16-,20-17-,21-18-,28-25-,31-30-,32-26-,36-27-,37-34-,45-42-,46-43-. The van der Waals surface area contributed by atoms with Gasteiger partial charge in [0.15, 0.2) is 6.10 Å². The van der Waals surface area contributed by atoms with Gasteiger partial charge in [0.05, 0.1) is 6.61 Å². The van der Waals surface area contributed by atoms with Gasteiger partial charge in [-0.05, 0) is 122 Å². The van der Waals surface area contributed by atoms with E-state index in [1.807, 2.05) is 6.08 Å². The van der Waals surface area contributed by atoms with E-state index in [0.29, 0.717) is 19.4 Å². The van der Waals surface area contributed by atoms with E-state index in [0.717, 1.165) is 116 Å². The molecule has 0 aromatic carbocycles. The first kappa shape index (κ1) is 59.8. The van der Waals surface area contributed by atoms with Crippen LogP contribution in [-0.2, 0) is 23.8 Å². The van der Waals surface area contributed by atoms with Crippen LogP contribution in [0.2, 0.25) is 0 Å². The number of rotatable bonds is 44. The number of unbranched alkanes of at least 4 members (excludes halogenated alkanes) is 9. The predicted octanol–water partition coefficient (Wildman–Crippen LogP) is 17.3. The quantitative estimate of drug-likeness (QED) is 0.0347. The largest absolute Gasteiger partial charge is 0.462 e. The van der Waals surface area contributed by atoms with Crippen LogP contribution in [0.3, 0.4) is 0 Å². The van der Waals surface area contributed by atoms with Crippen LogP contribution < -0.4 is 0 Å². The number of hydrogen-bond donors (Lipinski definition) is 0. The highest BCUT2D eigenvalue weighted by Crippen LogP contribution is 2.11. The Bertz CT molecular complexity index is 1410. The molecule has 1 atom stereocenters. The fourth-order valence-electron chi connectivity index (χ4n) is 6.16. The van der Waals surface area contributed by atoms with Gasteiger partial charge in [-0.15, -0.1) is 0 Å². The predicted molar refractivity (Wildman–Crippen MR) is 278 cm³/mol. The zero-order valence-electron chi connectivity index (χ0n) is 41.0. The molecule has 0 bridgehead atoms. The molecule has 0 aliphatic carbocycles. The molecule has 1 unspecified atom stereocenters. The average molecular weight is 881 g/mol. The molecule has 0 amide bonds. The van der Waals surface area contributed by atoms with Crippen LogP contribution in [0.25, 0.3) is 0 Å². The minimum absolute atomic E-state index is 0.00730. The highest BCUT2D eigenvalue weighted by Gasteiger charge is 2.17. The van der Waals surface area contributed by atoms with Gasteiger partial charge in [0, 0.05) is 19.4 Å². The molecule has 0 aromatic heterocycles. The Labute approximate surface area is 393 Å². The minimum atomic E-state index is -0.613. The fourth-order valence-corrected chi connectivity index (χ4v) is 6.16. The van der Waals surface area contributed by atoms with Gasteiger partial charge >= 0.3 is 11.9 Å². The van der Waals surface area contributed by atoms with Crippen LogP contribution in [0.15, 0.2) is 146 Å². The number of allylic oxidation sites excluding steroid dienone is 24. The van der Waals surface area contributed by atoms with Gasteiger partial charge in [-0.1, -0.05) is 199 Å². The summed E-state index contributed by atoms with van der Waals surface area (Å²) in [6.07, 6.45) is 77.3. The molecule has 0 fully saturated rings. The van der Waals surface area contributed by atoms with Crippen LogP contribution in [0.5, 0.6) is 0 Å². The van der Waals surface area contributed by atoms with E-state index < -0.39 is 6.10 Å². The maximum Gasteiger partial charge on any atom is 0.306 e. The van der Waals surface area contributed by atoms with E-state index in [2.05, 4.69) is 161 Å². The van der Waals surface area contributed by atoms with Crippen molar-refractivity contribution >= 4 is 11.9 Å². The zero-order chi connectivity index (χ0) is 46.3. The van der Waals surface area contributed by atoms with E-state index >= 15 is 0 Å². The Morgan fingerprint density at radius 1 is 0.359 bits per heavy atom. The SMILES string of the molecule is CC/C=C\C/C=C\C/C=C\C/C=C\C/C=C\C/C=C\CCC(=O)OCC(COCCC/C=C\C/C=C\C/C=C\C/C=C\CC)OC(=O)CCCCCCC/C=C\C/C=C\CCCCC. The van der Waals surface area contributed by atoms with E-state index in [4.69, 9.17) is 14.2 Å². The molecule has 64 heavy (non-hydrogen) atoms. The van der Waals surface area contributed by atoms with Crippen LogP contribution in [0, 0.1) is 0 Å². The van der Waals surface area contributed by atoms with Gasteiger partial charge in [0.25, 0.3) is 0 Å². The maximum atomic E-state index is 12.8. The summed E-state index contributed by atoms with van der Waals surface area (Å²) in [4.78, 5) is 25.4. The number of carbonyl (C=O) groups is 2. The topological polar surface area (TPSA) is 61.8 Å². The summed E-state index contributed by atoms with van der Waals surface area (Å²) in [5.41, 5.74) is 0. The van der Waals surface area contributed by atoms with E-state index in [1.165, 1.54) is 32.1 Å². The summed E-state index contributed by atoms with van der Waals surface area (Å²) in [7, 11) is 0. The third-order valence-electron chi connectivity index (χ3n) is 9.85. The normalized spacial score (nSPS) is 13.5. The van der Waals surface area contributed by atoms with Crippen LogP contribution in [-0.4, -0.2) is 37.9 Å². The Balaban J connectivity index is 4.52. The van der Waals surface area contributed by atoms with Gasteiger partial charge in [-0.2, -0.15) is 0 Å².